The molecule has 1 N–H and O–H groups in total. The molecular weight excluding hydrogens is 254 g/mol. The quantitative estimate of drug-likeness (QED) is 0.427. The molecular formula is C15H25N3O2. The van der Waals surface area contributed by atoms with Gasteiger partial charge in [-0.1, -0.05) is 18.9 Å². The van der Waals surface area contributed by atoms with Crippen LogP contribution in [0, 0.1) is 17.0 Å². The smallest absolute Gasteiger partial charge is 0.292 e. The molecule has 0 saturated heterocycles. The maximum Gasteiger partial charge on any atom is 0.292 e. The second-order valence-corrected chi connectivity index (χ2v) is 5.42. The maximum absolute atomic E-state index is 11.0. The van der Waals surface area contributed by atoms with Crippen LogP contribution in [0.4, 0.5) is 11.4 Å². The van der Waals surface area contributed by atoms with Crippen LogP contribution < -0.4 is 5.32 Å². The molecule has 0 fully saturated rings. The van der Waals surface area contributed by atoms with E-state index < -0.39 is 0 Å². The second kappa shape index (κ2) is 8.53. The van der Waals surface area contributed by atoms with Gasteiger partial charge in [-0.3, -0.25) is 10.1 Å². The fourth-order valence-electron chi connectivity index (χ4n) is 2.07. The summed E-state index contributed by atoms with van der Waals surface area (Å²) in [6, 6.07) is 5.30. The monoisotopic (exact) mass is 279 g/mol. The van der Waals surface area contributed by atoms with Gasteiger partial charge >= 0.3 is 0 Å². The number of nitrogens with one attached hydrogen (secondary N) is 1. The van der Waals surface area contributed by atoms with Crippen molar-refractivity contribution < 1.29 is 4.92 Å². The van der Waals surface area contributed by atoms with Crippen LogP contribution in [-0.2, 0) is 0 Å². The molecule has 0 unspecified atom stereocenters. The van der Waals surface area contributed by atoms with E-state index in [1.54, 1.807) is 12.1 Å². The van der Waals surface area contributed by atoms with Crippen LogP contribution in [0.5, 0.6) is 0 Å². The highest BCUT2D eigenvalue weighted by Crippen LogP contribution is 2.25. The Balaban J connectivity index is 2.30. The van der Waals surface area contributed by atoms with E-state index in [0.29, 0.717) is 5.69 Å². The summed E-state index contributed by atoms with van der Waals surface area (Å²) < 4.78 is 0. The second-order valence-electron chi connectivity index (χ2n) is 5.42. The molecule has 0 aliphatic rings. The molecule has 0 aliphatic heterocycles. The summed E-state index contributed by atoms with van der Waals surface area (Å²) in [5, 5.41) is 14.1. The minimum atomic E-state index is -0.327. The molecule has 0 amide bonds. The molecule has 0 heterocycles. The number of rotatable bonds is 9. The molecule has 5 heteroatoms. The van der Waals surface area contributed by atoms with E-state index >= 15 is 0 Å². The van der Waals surface area contributed by atoms with Crippen LogP contribution in [0.15, 0.2) is 18.2 Å². The molecule has 5 nitrogen and oxygen atoms in total. The maximum atomic E-state index is 11.0. The van der Waals surface area contributed by atoms with E-state index in [-0.39, 0.29) is 10.6 Å². The fourth-order valence-corrected chi connectivity index (χ4v) is 2.07. The number of nitro groups is 1. The predicted molar refractivity (Wildman–Crippen MR) is 83.3 cm³/mol. The van der Waals surface area contributed by atoms with Gasteiger partial charge < -0.3 is 10.2 Å². The van der Waals surface area contributed by atoms with Crippen LogP contribution in [0.1, 0.15) is 31.2 Å². The first-order chi connectivity index (χ1) is 9.50. The molecule has 0 spiro atoms. The molecule has 20 heavy (non-hydrogen) atoms. The van der Waals surface area contributed by atoms with Crippen LogP contribution >= 0.6 is 0 Å². The van der Waals surface area contributed by atoms with Crippen molar-refractivity contribution in [3.63, 3.8) is 0 Å². The van der Waals surface area contributed by atoms with Gasteiger partial charge in [0.1, 0.15) is 5.69 Å². The zero-order valence-electron chi connectivity index (χ0n) is 12.7. The third-order valence-electron chi connectivity index (χ3n) is 3.20. The summed E-state index contributed by atoms with van der Waals surface area (Å²) in [7, 11) is 4.16. The number of aryl methyl sites for hydroxylation is 1. The van der Waals surface area contributed by atoms with Gasteiger partial charge in [-0.2, -0.15) is 0 Å². The van der Waals surface area contributed by atoms with E-state index in [1.165, 1.54) is 12.8 Å². The first-order valence-electron chi connectivity index (χ1n) is 7.14. The summed E-state index contributed by atoms with van der Waals surface area (Å²) in [6.45, 7) is 3.77. The lowest BCUT2D eigenvalue weighted by Gasteiger charge is -2.09. The molecule has 0 aliphatic carbocycles. The van der Waals surface area contributed by atoms with E-state index in [0.717, 1.165) is 31.5 Å². The van der Waals surface area contributed by atoms with Crippen molar-refractivity contribution in [3.05, 3.63) is 33.9 Å². The number of hydrogen-bond acceptors (Lipinski definition) is 4. The summed E-state index contributed by atoms with van der Waals surface area (Å²) in [5.74, 6) is 0. The van der Waals surface area contributed by atoms with E-state index in [4.69, 9.17) is 0 Å². The largest absolute Gasteiger partial charge is 0.379 e. The Morgan fingerprint density at radius 2 is 1.90 bits per heavy atom. The van der Waals surface area contributed by atoms with Gasteiger partial charge in [-0.15, -0.1) is 0 Å². The first-order valence-corrected chi connectivity index (χ1v) is 7.14. The number of nitro benzene ring substituents is 1. The van der Waals surface area contributed by atoms with Crippen molar-refractivity contribution >= 4 is 11.4 Å². The average molecular weight is 279 g/mol. The van der Waals surface area contributed by atoms with Crippen molar-refractivity contribution in [2.24, 2.45) is 0 Å². The Bertz CT molecular complexity index is 433. The lowest BCUT2D eigenvalue weighted by Crippen LogP contribution is -2.12. The van der Waals surface area contributed by atoms with Gasteiger partial charge in [0, 0.05) is 12.6 Å². The predicted octanol–water partition coefficient (Wildman–Crippen LogP) is 3.44. The Labute approximate surface area is 121 Å². The van der Waals surface area contributed by atoms with Gasteiger partial charge in [-0.05, 0) is 52.0 Å². The van der Waals surface area contributed by atoms with Crippen LogP contribution in [-0.4, -0.2) is 37.0 Å². The molecule has 1 aromatic carbocycles. The first kappa shape index (κ1) is 16.4. The summed E-state index contributed by atoms with van der Waals surface area (Å²) >= 11 is 0. The molecule has 0 atom stereocenters. The highest BCUT2D eigenvalue weighted by atomic mass is 16.6. The number of hydrogen-bond donors (Lipinski definition) is 1. The Morgan fingerprint density at radius 1 is 1.20 bits per heavy atom. The number of anilines is 1. The third kappa shape index (κ3) is 6.02. The van der Waals surface area contributed by atoms with Crippen molar-refractivity contribution in [1.82, 2.24) is 4.90 Å². The highest BCUT2D eigenvalue weighted by molar-refractivity contribution is 5.62. The van der Waals surface area contributed by atoms with E-state index in [9.17, 15) is 10.1 Å². The summed E-state index contributed by atoms with van der Waals surface area (Å²) in [4.78, 5) is 12.8. The average Bonchev–Trinajstić information content (AvgIpc) is 2.38. The third-order valence-corrected chi connectivity index (χ3v) is 3.20. The van der Waals surface area contributed by atoms with Gasteiger partial charge in [0.2, 0.25) is 0 Å². The standard InChI is InChI=1S/C15H25N3O2/c1-13-8-9-14(15(12-13)18(19)20)16-10-6-4-5-7-11-17(2)3/h8-9,12,16H,4-7,10-11H2,1-3H3. The van der Waals surface area contributed by atoms with Crippen molar-refractivity contribution in [1.29, 1.82) is 0 Å². The van der Waals surface area contributed by atoms with Crippen molar-refractivity contribution in [2.75, 3.05) is 32.5 Å². The Hall–Kier alpha value is -1.62. The normalized spacial score (nSPS) is 10.8. The zero-order chi connectivity index (χ0) is 15.0. The molecule has 1 rings (SSSR count). The van der Waals surface area contributed by atoms with Gasteiger partial charge in [0.05, 0.1) is 4.92 Å². The molecule has 0 aromatic heterocycles. The van der Waals surface area contributed by atoms with Crippen molar-refractivity contribution in [3.8, 4) is 0 Å². The highest BCUT2D eigenvalue weighted by Gasteiger charge is 2.12. The zero-order valence-corrected chi connectivity index (χ0v) is 12.7. The van der Waals surface area contributed by atoms with Crippen molar-refractivity contribution in [2.45, 2.75) is 32.6 Å². The van der Waals surface area contributed by atoms with E-state index in [1.807, 2.05) is 13.0 Å². The van der Waals surface area contributed by atoms with Gasteiger partial charge in [-0.25, -0.2) is 0 Å². The minimum Gasteiger partial charge on any atom is -0.379 e. The van der Waals surface area contributed by atoms with Gasteiger partial charge in [0.25, 0.3) is 5.69 Å². The minimum absolute atomic E-state index is 0.164. The lowest BCUT2D eigenvalue weighted by atomic mass is 10.1. The molecule has 0 radical (unpaired) electrons. The molecule has 112 valence electrons. The molecule has 0 saturated carbocycles. The number of nitrogens with zero attached hydrogens (tertiary/aromatic N) is 2. The Kier molecular flexibility index (Phi) is 7.01. The molecule has 1 aromatic rings. The topological polar surface area (TPSA) is 58.4 Å². The fraction of sp³-hybridized carbons (Fsp3) is 0.600. The van der Waals surface area contributed by atoms with Crippen LogP contribution in [0.3, 0.4) is 0 Å². The summed E-state index contributed by atoms with van der Waals surface area (Å²) in [5.41, 5.74) is 1.69. The lowest BCUT2D eigenvalue weighted by molar-refractivity contribution is -0.384. The van der Waals surface area contributed by atoms with Gasteiger partial charge in [0.15, 0.2) is 0 Å². The molecule has 0 bridgehead atoms. The van der Waals surface area contributed by atoms with Crippen LogP contribution in [0.25, 0.3) is 0 Å². The number of benzene rings is 1. The number of unbranched alkanes of at least 4 members (excludes halogenated alkanes) is 3. The summed E-state index contributed by atoms with van der Waals surface area (Å²) in [6.07, 6.45) is 4.60. The SMILES string of the molecule is Cc1ccc(NCCCCCCN(C)C)c([N+](=O)[O-])c1. The van der Waals surface area contributed by atoms with E-state index in [2.05, 4.69) is 24.3 Å². The van der Waals surface area contributed by atoms with Crippen LogP contribution in [0.2, 0.25) is 0 Å². The Morgan fingerprint density at radius 3 is 2.55 bits per heavy atom.